The van der Waals surface area contributed by atoms with Gasteiger partial charge in [-0.05, 0) is 12.5 Å². The number of nitro benzene ring substituents is 1. The Morgan fingerprint density at radius 2 is 2.11 bits per heavy atom. The van der Waals surface area contributed by atoms with Crippen molar-refractivity contribution in [2.75, 3.05) is 0 Å². The number of non-ortho nitro benzene ring substituents is 1. The summed E-state index contributed by atoms with van der Waals surface area (Å²) in [5.41, 5.74) is -1.10. The van der Waals surface area contributed by atoms with Gasteiger partial charge < -0.3 is 5.11 Å². The molecule has 2 rings (SSSR count). The summed E-state index contributed by atoms with van der Waals surface area (Å²) in [6.07, 6.45) is 0.216. The molecule has 94 valence electrons. The molecule has 0 aromatic heterocycles. The first-order valence-electron chi connectivity index (χ1n) is 5.42. The second-order valence-electron chi connectivity index (χ2n) is 4.06. The zero-order chi connectivity index (χ0) is 13.3. The maximum absolute atomic E-state index is 10.8. The van der Waals surface area contributed by atoms with E-state index in [1.54, 1.807) is 6.92 Å². The van der Waals surface area contributed by atoms with Gasteiger partial charge in [-0.2, -0.15) is 0 Å². The Morgan fingerprint density at radius 1 is 1.44 bits per heavy atom. The second kappa shape index (κ2) is 4.17. The first-order valence-corrected chi connectivity index (χ1v) is 5.42. The molecule has 0 saturated heterocycles. The lowest BCUT2D eigenvalue weighted by atomic mass is 10.1. The number of rotatable bonds is 4. The summed E-state index contributed by atoms with van der Waals surface area (Å²) in [5, 5.41) is 20.4. The van der Waals surface area contributed by atoms with Crippen LogP contribution in [0.15, 0.2) is 28.2 Å². The third-order valence-electron chi connectivity index (χ3n) is 2.83. The smallest absolute Gasteiger partial charge is 0.307 e. The monoisotopic (exact) mass is 249 g/mol. The number of aliphatic carboxylic acids is 1. The fourth-order valence-corrected chi connectivity index (χ4v) is 1.89. The number of nitro groups is 1. The molecule has 1 aliphatic rings. The molecule has 0 bridgehead atoms. The largest absolute Gasteiger partial charge is 0.481 e. The lowest BCUT2D eigenvalue weighted by Crippen LogP contribution is -2.25. The fourth-order valence-electron chi connectivity index (χ4n) is 1.89. The Hall–Kier alpha value is -2.31. The van der Waals surface area contributed by atoms with Gasteiger partial charge in [0.2, 0.25) is 0 Å². The quantitative estimate of drug-likeness (QED) is 0.616. The molecule has 1 N–H and O–H groups in total. The predicted molar refractivity (Wildman–Crippen MR) is 60.7 cm³/mol. The minimum absolute atomic E-state index is 0.0741. The summed E-state index contributed by atoms with van der Waals surface area (Å²) in [5.74, 6) is -0.994. The first-order chi connectivity index (χ1) is 8.46. The van der Waals surface area contributed by atoms with Crippen molar-refractivity contribution < 1.29 is 14.8 Å². The van der Waals surface area contributed by atoms with E-state index in [0.29, 0.717) is 17.1 Å². The molecule has 7 heteroatoms. The molecular weight excluding hydrogens is 238 g/mol. The molecule has 1 unspecified atom stereocenters. The lowest BCUT2D eigenvalue weighted by molar-refractivity contribution is -0.385. The van der Waals surface area contributed by atoms with Crippen molar-refractivity contribution in [3.8, 4) is 0 Å². The molecule has 0 radical (unpaired) electrons. The molecule has 0 saturated carbocycles. The molecule has 1 aromatic carbocycles. The van der Waals surface area contributed by atoms with Gasteiger partial charge in [0.25, 0.3) is 5.69 Å². The van der Waals surface area contributed by atoms with Gasteiger partial charge in [0.15, 0.2) is 5.66 Å². The summed E-state index contributed by atoms with van der Waals surface area (Å²) in [6.45, 7) is 1.79. The maximum Gasteiger partial charge on any atom is 0.307 e. The van der Waals surface area contributed by atoms with Crippen molar-refractivity contribution in [3.63, 3.8) is 0 Å². The molecular formula is C11H11N3O4. The fraction of sp³-hybridized carbons (Fsp3) is 0.364. The molecule has 0 aliphatic carbocycles. The summed E-state index contributed by atoms with van der Waals surface area (Å²) in [6, 6.07) is 4.15. The third-order valence-corrected chi connectivity index (χ3v) is 2.83. The van der Waals surface area contributed by atoms with Gasteiger partial charge in [-0.3, -0.25) is 24.9 Å². The van der Waals surface area contributed by atoms with Crippen LogP contribution in [-0.4, -0.2) is 21.7 Å². The van der Waals surface area contributed by atoms with E-state index in [4.69, 9.17) is 5.11 Å². The third kappa shape index (κ3) is 2.06. The van der Waals surface area contributed by atoms with Gasteiger partial charge in [0.1, 0.15) is 0 Å². The Kier molecular flexibility index (Phi) is 2.82. The topological polar surface area (TPSA) is 105 Å². The molecule has 1 heterocycles. The zero-order valence-electron chi connectivity index (χ0n) is 9.66. The molecule has 0 spiro atoms. The highest BCUT2D eigenvalue weighted by atomic mass is 16.6. The van der Waals surface area contributed by atoms with E-state index in [-0.39, 0.29) is 12.1 Å². The number of nitrogens with zero attached hydrogens (tertiary/aromatic N) is 3. The number of fused-ring (bicyclic) bond motifs is 1. The SMILES string of the molecule is CCC1(CC(=O)O)N=c2ccc([N+](=O)[O-])cc2=N1. The molecule has 1 aromatic rings. The Morgan fingerprint density at radius 3 is 2.67 bits per heavy atom. The molecule has 7 nitrogen and oxygen atoms in total. The van der Waals surface area contributed by atoms with Crippen molar-refractivity contribution in [3.05, 3.63) is 39.0 Å². The van der Waals surface area contributed by atoms with E-state index in [1.807, 2.05) is 0 Å². The summed E-state index contributed by atoms with van der Waals surface area (Å²) >= 11 is 0. The van der Waals surface area contributed by atoms with Crippen molar-refractivity contribution >= 4 is 11.7 Å². The van der Waals surface area contributed by atoms with Crippen molar-refractivity contribution in [2.45, 2.75) is 25.4 Å². The van der Waals surface area contributed by atoms with Gasteiger partial charge in [-0.25, -0.2) is 0 Å². The maximum atomic E-state index is 10.8. The number of carboxylic acid groups (broad SMARTS) is 1. The van der Waals surface area contributed by atoms with Crippen LogP contribution >= 0.6 is 0 Å². The van der Waals surface area contributed by atoms with Crippen molar-refractivity contribution in [1.29, 1.82) is 0 Å². The van der Waals surface area contributed by atoms with Gasteiger partial charge in [-0.1, -0.05) is 6.92 Å². The van der Waals surface area contributed by atoms with Crippen LogP contribution in [0.25, 0.3) is 0 Å². The van der Waals surface area contributed by atoms with Crippen LogP contribution in [0.5, 0.6) is 0 Å². The summed E-state index contributed by atoms with van der Waals surface area (Å²) in [4.78, 5) is 29.5. The Bertz CT molecular complexity index is 640. The zero-order valence-corrected chi connectivity index (χ0v) is 9.66. The normalized spacial score (nSPS) is 20.7. The summed E-state index contributed by atoms with van der Waals surface area (Å²) in [7, 11) is 0. The second-order valence-corrected chi connectivity index (χ2v) is 4.06. The van der Waals surface area contributed by atoms with E-state index < -0.39 is 16.6 Å². The van der Waals surface area contributed by atoms with Crippen LogP contribution in [0, 0.1) is 10.1 Å². The number of benzene rings is 1. The van der Waals surface area contributed by atoms with Gasteiger partial charge in [0.05, 0.1) is 22.1 Å². The average Bonchev–Trinajstić information content (AvgIpc) is 2.65. The van der Waals surface area contributed by atoms with Crippen molar-refractivity contribution in [1.82, 2.24) is 0 Å². The molecule has 1 atom stereocenters. The Labute approximate surface area is 102 Å². The van der Waals surface area contributed by atoms with Crippen LogP contribution in [0.3, 0.4) is 0 Å². The van der Waals surface area contributed by atoms with E-state index >= 15 is 0 Å². The van der Waals surface area contributed by atoms with Crippen molar-refractivity contribution in [2.24, 2.45) is 9.98 Å². The Balaban J connectivity index is 2.53. The number of hydrogen-bond acceptors (Lipinski definition) is 5. The number of carboxylic acids is 1. The number of carbonyl (C=O) groups is 1. The first kappa shape index (κ1) is 12.2. The average molecular weight is 249 g/mol. The molecule has 18 heavy (non-hydrogen) atoms. The van der Waals surface area contributed by atoms with E-state index in [0.717, 1.165) is 0 Å². The molecule has 0 fully saturated rings. The van der Waals surface area contributed by atoms with Crippen LogP contribution in [-0.2, 0) is 4.79 Å². The highest BCUT2D eigenvalue weighted by molar-refractivity contribution is 5.68. The van der Waals surface area contributed by atoms with Crippen LogP contribution in [0.2, 0.25) is 0 Å². The standard InChI is InChI=1S/C11H11N3O4/c1-2-11(6-10(15)16)12-8-4-3-7(14(17)18)5-9(8)13-11/h3-5H,2,6H2,1H3,(H,15,16). The molecule has 1 aliphatic heterocycles. The van der Waals surface area contributed by atoms with E-state index in [1.165, 1.54) is 18.2 Å². The van der Waals surface area contributed by atoms with Gasteiger partial charge >= 0.3 is 5.97 Å². The van der Waals surface area contributed by atoms with Gasteiger partial charge in [0, 0.05) is 12.1 Å². The predicted octanol–water partition coefficient (Wildman–Crippen LogP) is 0.429. The van der Waals surface area contributed by atoms with E-state index in [9.17, 15) is 14.9 Å². The summed E-state index contributed by atoms with van der Waals surface area (Å²) < 4.78 is 0. The van der Waals surface area contributed by atoms with Crippen LogP contribution in [0.1, 0.15) is 19.8 Å². The van der Waals surface area contributed by atoms with Crippen LogP contribution in [0.4, 0.5) is 5.69 Å². The lowest BCUT2D eigenvalue weighted by Gasteiger charge is -2.18. The van der Waals surface area contributed by atoms with Crippen LogP contribution < -0.4 is 10.7 Å². The highest BCUT2D eigenvalue weighted by Crippen LogP contribution is 2.23. The minimum Gasteiger partial charge on any atom is -0.481 e. The minimum atomic E-state index is -1.02. The number of hydrogen-bond donors (Lipinski definition) is 1. The van der Waals surface area contributed by atoms with Gasteiger partial charge in [-0.15, -0.1) is 0 Å². The highest BCUT2D eigenvalue weighted by Gasteiger charge is 2.32. The molecule has 0 amide bonds. The van der Waals surface area contributed by atoms with E-state index in [2.05, 4.69) is 9.98 Å².